The van der Waals surface area contributed by atoms with Crippen molar-refractivity contribution in [3.63, 3.8) is 0 Å². The summed E-state index contributed by atoms with van der Waals surface area (Å²) < 4.78 is 2.98. The number of aromatic nitrogens is 4. The molecule has 0 bridgehead atoms. The maximum Gasteiger partial charge on any atom is 0.264 e. The Balaban J connectivity index is 1.54. The van der Waals surface area contributed by atoms with Gasteiger partial charge in [-0.3, -0.25) is 14.2 Å². The molecule has 146 valence electrons. The van der Waals surface area contributed by atoms with Gasteiger partial charge in [-0.15, -0.1) is 0 Å². The molecule has 7 nitrogen and oxygen atoms in total. The number of nitrogens with one attached hydrogen (secondary N) is 1. The lowest BCUT2D eigenvalue weighted by molar-refractivity contribution is -0.123. The minimum Gasteiger partial charge on any atom is -0.352 e. The molecule has 3 atom stereocenters. The van der Waals surface area contributed by atoms with Crippen molar-refractivity contribution in [2.45, 2.75) is 45.7 Å². The van der Waals surface area contributed by atoms with E-state index in [1.807, 2.05) is 30.3 Å². The van der Waals surface area contributed by atoms with Crippen LogP contribution >= 0.6 is 0 Å². The van der Waals surface area contributed by atoms with Crippen molar-refractivity contribution >= 4 is 16.9 Å². The summed E-state index contributed by atoms with van der Waals surface area (Å²) in [7, 11) is 0. The Kier molecular flexibility index (Phi) is 4.98. The topological polar surface area (TPSA) is 81.8 Å². The van der Waals surface area contributed by atoms with E-state index in [9.17, 15) is 9.59 Å². The summed E-state index contributed by atoms with van der Waals surface area (Å²) >= 11 is 0. The molecule has 1 aliphatic rings. The van der Waals surface area contributed by atoms with Gasteiger partial charge in [0.25, 0.3) is 5.56 Å². The van der Waals surface area contributed by atoms with Crippen LogP contribution in [0.1, 0.15) is 33.1 Å². The van der Waals surface area contributed by atoms with Crippen LogP contribution in [0.15, 0.2) is 47.7 Å². The highest BCUT2D eigenvalue weighted by molar-refractivity contribution is 5.78. The summed E-state index contributed by atoms with van der Waals surface area (Å²) in [5, 5.41) is 7.81. The maximum atomic E-state index is 12.8. The van der Waals surface area contributed by atoms with Gasteiger partial charge in [0.1, 0.15) is 18.3 Å². The highest BCUT2D eigenvalue weighted by Crippen LogP contribution is 2.29. The molecule has 2 aromatic heterocycles. The Labute approximate surface area is 163 Å². The van der Waals surface area contributed by atoms with Crippen molar-refractivity contribution in [3.8, 4) is 5.69 Å². The second-order valence-electron chi connectivity index (χ2n) is 7.75. The molecular weight excluding hydrogens is 354 g/mol. The second-order valence-corrected chi connectivity index (χ2v) is 7.75. The van der Waals surface area contributed by atoms with Gasteiger partial charge in [0.05, 0.1) is 11.9 Å². The van der Waals surface area contributed by atoms with Crippen LogP contribution in [0.25, 0.3) is 16.7 Å². The van der Waals surface area contributed by atoms with Crippen LogP contribution in [-0.4, -0.2) is 31.3 Å². The fourth-order valence-corrected chi connectivity index (χ4v) is 4.01. The third-order valence-corrected chi connectivity index (χ3v) is 5.92. The van der Waals surface area contributed by atoms with Gasteiger partial charge in [0.2, 0.25) is 5.91 Å². The van der Waals surface area contributed by atoms with Crippen LogP contribution in [0.3, 0.4) is 0 Å². The molecule has 2 heterocycles. The van der Waals surface area contributed by atoms with Crippen molar-refractivity contribution in [2.24, 2.45) is 11.8 Å². The van der Waals surface area contributed by atoms with E-state index in [2.05, 4.69) is 29.2 Å². The van der Waals surface area contributed by atoms with E-state index in [0.29, 0.717) is 22.9 Å². The molecule has 4 rings (SSSR count). The highest BCUT2D eigenvalue weighted by atomic mass is 16.2. The van der Waals surface area contributed by atoms with Gasteiger partial charge in [-0.05, 0) is 30.4 Å². The maximum absolute atomic E-state index is 12.8. The Morgan fingerprint density at radius 3 is 2.79 bits per heavy atom. The third kappa shape index (κ3) is 3.44. The molecule has 1 aromatic carbocycles. The summed E-state index contributed by atoms with van der Waals surface area (Å²) in [4.78, 5) is 29.7. The molecule has 0 unspecified atom stereocenters. The minimum atomic E-state index is -0.257. The van der Waals surface area contributed by atoms with Crippen molar-refractivity contribution in [1.29, 1.82) is 0 Å². The van der Waals surface area contributed by atoms with E-state index >= 15 is 0 Å². The summed E-state index contributed by atoms with van der Waals surface area (Å²) in [6, 6.07) is 9.70. The van der Waals surface area contributed by atoms with E-state index in [1.54, 1.807) is 4.68 Å². The van der Waals surface area contributed by atoms with Gasteiger partial charge < -0.3 is 5.32 Å². The summed E-state index contributed by atoms with van der Waals surface area (Å²) in [5.74, 6) is 0.896. The largest absolute Gasteiger partial charge is 0.352 e. The molecule has 0 spiro atoms. The number of fused-ring (bicyclic) bond motifs is 1. The van der Waals surface area contributed by atoms with Crippen molar-refractivity contribution in [1.82, 2.24) is 24.6 Å². The molecule has 1 aliphatic carbocycles. The molecule has 1 amide bonds. The molecule has 0 saturated heterocycles. The number of rotatable bonds is 4. The standard InChI is InChI=1S/C21H25N5O2/c1-14-7-6-10-18(15(14)2)24-19(27)12-25-13-22-20-17(21(25)28)11-23-26(20)16-8-4-3-5-9-16/h3-5,8-9,11,13-15,18H,6-7,10,12H2,1-2H3,(H,24,27)/t14-,15+,18-/m0/s1. The fourth-order valence-electron chi connectivity index (χ4n) is 4.01. The molecule has 7 heteroatoms. The number of benzene rings is 1. The number of carbonyl (C=O) groups is 1. The Morgan fingerprint density at radius 1 is 1.21 bits per heavy atom. The van der Waals surface area contributed by atoms with E-state index in [0.717, 1.165) is 18.5 Å². The molecule has 1 N–H and O–H groups in total. The Bertz CT molecular complexity index is 1040. The van der Waals surface area contributed by atoms with Crippen molar-refractivity contribution < 1.29 is 4.79 Å². The molecule has 1 saturated carbocycles. The van der Waals surface area contributed by atoms with Crippen LogP contribution in [-0.2, 0) is 11.3 Å². The summed E-state index contributed by atoms with van der Waals surface area (Å²) in [6.45, 7) is 4.39. The van der Waals surface area contributed by atoms with Gasteiger partial charge in [0, 0.05) is 6.04 Å². The quantitative estimate of drug-likeness (QED) is 0.755. The number of hydrogen-bond donors (Lipinski definition) is 1. The van der Waals surface area contributed by atoms with Gasteiger partial charge in [-0.25, -0.2) is 9.67 Å². The lowest BCUT2D eigenvalue weighted by Gasteiger charge is -2.34. The van der Waals surface area contributed by atoms with Crippen molar-refractivity contribution in [3.05, 3.63) is 53.2 Å². The Hall–Kier alpha value is -2.96. The number of para-hydroxylation sites is 1. The fraction of sp³-hybridized carbons (Fsp3) is 0.429. The number of carbonyl (C=O) groups excluding carboxylic acids is 1. The predicted octanol–water partition coefficient (Wildman–Crippen LogP) is 2.52. The monoisotopic (exact) mass is 379 g/mol. The first-order chi connectivity index (χ1) is 13.5. The average Bonchev–Trinajstić information content (AvgIpc) is 3.13. The zero-order valence-corrected chi connectivity index (χ0v) is 16.2. The SMILES string of the molecule is C[C@H]1[C@@H](NC(=O)Cn2cnc3c(cnn3-c3ccccc3)c2=O)CCC[C@@H]1C. The number of hydrogen-bond acceptors (Lipinski definition) is 4. The first-order valence-electron chi connectivity index (χ1n) is 9.82. The van der Waals surface area contributed by atoms with E-state index in [-0.39, 0.29) is 24.1 Å². The lowest BCUT2D eigenvalue weighted by Crippen LogP contribution is -2.45. The minimum absolute atomic E-state index is 0.0319. The van der Waals surface area contributed by atoms with Gasteiger partial charge in [-0.2, -0.15) is 5.10 Å². The molecular formula is C21H25N5O2. The van der Waals surface area contributed by atoms with E-state index in [1.165, 1.54) is 23.5 Å². The number of nitrogens with zero attached hydrogens (tertiary/aromatic N) is 4. The first kappa shape index (κ1) is 18.4. The van der Waals surface area contributed by atoms with E-state index < -0.39 is 0 Å². The predicted molar refractivity (Wildman–Crippen MR) is 107 cm³/mol. The smallest absolute Gasteiger partial charge is 0.264 e. The third-order valence-electron chi connectivity index (χ3n) is 5.92. The zero-order valence-electron chi connectivity index (χ0n) is 16.2. The van der Waals surface area contributed by atoms with Crippen LogP contribution in [0.2, 0.25) is 0 Å². The lowest BCUT2D eigenvalue weighted by atomic mass is 9.78. The van der Waals surface area contributed by atoms with Crippen LogP contribution in [0.5, 0.6) is 0 Å². The molecule has 1 fully saturated rings. The molecule has 3 aromatic rings. The van der Waals surface area contributed by atoms with Crippen LogP contribution < -0.4 is 10.9 Å². The van der Waals surface area contributed by atoms with E-state index in [4.69, 9.17) is 0 Å². The van der Waals surface area contributed by atoms with Crippen LogP contribution in [0.4, 0.5) is 0 Å². The molecule has 0 aliphatic heterocycles. The van der Waals surface area contributed by atoms with Gasteiger partial charge in [0.15, 0.2) is 5.65 Å². The average molecular weight is 379 g/mol. The highest BCUT2D eigenvalue weighted by Gasteiger charge is 2.28. The molecule has 0 radical (unpaired) electrons. The van der Waals surface area contributed by atoms with Crippen molar-refractivity contribution in [2.75, 3.05) is 0 Å². The Morgan fingerprint density at radius 2 is 2.00 bits per heavy atom. The first-order valence-corrected chi connectivity index (χ1v) is 9.82. The zero-order chi connectivity index (χ0) is 19.7. The van der Waals surface area contributed by atoms with Crippen LogP contribution in [0, 0.1) is 11.8 Å². The second kappa shape index (κ2) is 7.58. The summed E-state index contributed by atoms with van der Waals surface area (Å²) in [5.41, 5.74) is 1.07. The normalized spacial score (nSPS) is 22.3. The molecule has 28 heavy (non-hydrogen) atoms. The number of amides is 1. The summed E-state index contributed by atoms with van der Waals surface area (Å²) in [6.07, 6.45) is 6.27. The van der Waals surface area contributed by atoms with Gasteiger partial charge in [-0.1, -0.05) is 44.9 Å². The van der Waals surface area contributed by atoms with Gasteiger partial charge >= 0.3 is 0 Å².